The van der Waals surface area contributed by atoms with Gasteiger partial charge in [-0.2, -0.15) is 0 Å². The summed E-state index contributed by atoms with van der Waals surface area (Å²) in [6, 6.07) is 0. The number of hydrogen-bond acceptors (Lipinski definition) is 5. The van der Waals surface area contributed by atoms with E-state index in [-0.39, 0.29) is 5.92 Å². The van der Waals surface area contributed by atoms with Gasteiger partial charge in [-0.05, 0) is 25.6 Å². The van der Waals surface area contributed by atoms with Crippen molar-refractivity contribution in [2.75, 3.05) is 19.3 Å². The van der Waals surface area contributed by atoms with Crippen LogP contribution < -0.4 is 0 Å². The maximum absolute atomic E-state index is 11.0. The normalized spacial score (nSPS) is 20.8. The van der Waals surface area contributed by atoms with Crippen LogP contribution in [0.15, 0.2) is 17.4 Å². The van der Waals surface area contributed by atoms with Crippen molar-refractivity contribution in [2.45, 2.75) is 24.4 Å². The molecule has 1 N–H and O–H groups in total. The number of piperidine rings is 1. The Balaban J connectivity index is 2.02. The number of aliphatic carboxylic acids is 1. The highest BCUT2D eigenvalue weighted by Gasteiger charge is 2.25. The first kappa shape index (κ1) is 13.3. The van der Waals surface area contributed by atoms with Gasteiger partial charge in [0.05, 0.1) is 11.6 Å². The lowest BCUT2D eigenvalue weighted by Crippen LogP contribution is -2.38. The Morgan fingerprint density at radius 1 is 1.56 bits per heavy atom. The average molecular weight is 267 g/mol. The fourth-order valence-electron chi connectivity index (χ4n) is 2.25. The van der Waals surface area contributed by atoms with Crippen molar-refractivity contribution in [3.05, 3.63) is 18.1 Å². The highest BCUT2D eigenvalue weighted by atomic mass is 32.2. The van der Waals surface area contributed by atoms with Crippen molar-refractivity contribution in [1.29, 1.82) is 0 Å². The molecule has 1 fully saturated rings. The van der Waals surface area contributed by atoms with Gasteiger partial charge < -0.3 is 5.11 Å². The minimum Gasteiger partial charge on any atom is -0.481 e. The van der Waals surface area contributed by atoms with E-state index in [0.717, 1.165) is 30.1 Å². The standard InChI is InChI=1S/C12H17N3O2S/c1-18-11-10(13-4-5-14-11)8-15-6-2-3-9(7-15)12(16)17/h4-5,9H,2-3,6-8H2,1H3,(H,16,17). The van der Waals surface area contributed by atoms with E-state index in [2.05, 4.69) is 14.9 Å². The number of carbonyl (C=O) groups is 1. The maximum Gasteiger partial charge on any atom is 0.307 e. The molecule has 0 amide bonds. The monoisotopic (exact) mass is 267 g/mol. The van der Waals surface area contributed by atoms with Gasteiger partial charge >= 0.3 is 5.97 Å². The number of nitrogens with zero attached hydrogens (tertiary/aromatic N) is 3. The molecule has 1 aliphatic rings. The van der Waals surface area contributed by atoms with Gasteiger partial charge in [-0.3, -0.25) is 14.7 Å². The summed E-state index contributed by atoms with van der Waals surface area (Å²) in [7, 11) is 0. The molecule has 0 saturated carbocycles. The van der Waals surface area contributed by atoms with Crippen molar-refractivity contribution in [2.24, 2.45) is 5.92 Å². The molecule has 1 unspecified atom stereocenters. The van der Waals surface area contributed by atoms with E-state index >= 15 is 0 Å². The zero-order valence-corrected chi connectivity index (χ0v) is 11.2. The van der Waals surface area contributed by atoms with Crippen molar-refractivity contribution in [1.82, 2.24) is 14.9 Å². The molecule has 2 heterocycles. The minimum absolute atomic E-state index is 0.242. The Bertz CT molecular complexity index is 428. The Morgan fingerprint density at radius 3 is 3.06 bits per heavy atom. The molecule has 6 heteroatoms. The lowest BCUT2D eigenvalue weighted by molar-refractivity contribution is -0.143. The second-order valence-electron chi connectivity index (χ2n) is 4.42. The van der Waals surface area contributed by atoms with Gasteiger partial charge in [-0.15, -0.1) is 11.8 Å². The van der Waals surface area contributed by atoms with Gasteiger partial charge in [0.2, 0.25) is 0 Å². The van der Waals surface area contributed by atoms with Crippen molar-refractivity contribution < 1.29 is 9.90 Å². The van der Waals surface area contributed by atoms with Gasteiger partial charge in [-0.25, -0.2) is 4.98 Å². The van der Waals surface area contributed by atoms with Gasteiger partial charge in [-0.1, -0.05) is 0 Å². The first-order valence-corrected chi connectivity index (χ1v) is 7.22. The van der Waals surface area contributed by atoms with Crippen LogP contribution in [0.25, 0.3) is 0 Å². The fourth-order valence-corrected chi connectivity index (χ4v) is 2.76. The number of likely N-dealkylation sites (tertiary alicyclic amines) is 1. The van der Waals surface area contributed by atoms with Crippen LogP contribution in [0, 0.1) is 5.92 Å². The summed E-state index contributed by atoms with van der Waals surface area (Å²) in [5.74, 6) is -0.933. The Hall–Kier alpha value is -1.14. The highest BCUT2D eigenvalue weighted by Crippen LogP contribution is 2.21. The Labute approximate surface area is 111 Å². The molecule has 0 aromatic carbocycles. The summed E-state index contributed by atoms with van der Waals surface area (Å²) < 4.78 is 0. The van der Waals surface area contributed by atoms with E-state index in [1.807, 2.05) is 6.26 Å². The summed E-state index contributed by atoms with van der Waals surface area (Å²) in [5, 5.41) is 9.99. The number of hydrogen-bond donors (Lipinski definition) is 1. The van der Waals surface area contributed by atoms with E-state index in [1.54, 1.807) is 24.2 Å². The van der Waals surface area contributed by atoms with E-state index in [1.165, 1.54) is 0 Å². The quantitative estimate of drug-likeness (QED) is 0.834. The SMILES string of the molecule is CSc1nccnc1CN1CCCC(C(=O)O)C1. The van der Waals surface area contributed by atoms with Crippen LogP contribution in [-0.4, -0.2) is 45.3 Å². The topological polar surface area (TPSA) is 66.3 Å². The third-order valence-electron chi connectivity index (χ3n) is 3.16. The second kappa shape index (κ2) is 6.15. The van der Waals surface area contributed by atoms with Gasteiger partial charge in [0.1, 0.15) is 5.03 Å². The molecule has 2 rings (SSSR count). The lowest BCUT2D eigenvalue weighted by atomic mass is 9.98. The summed E-state index contributed by atoms with van der Waals surface area (Å²) in [6.07, 6.45) is 7.07. The van der Waals surface area contributed by atoms with Crippen molar-refractivity contribution in [3.8, 4) is 0 Å². The molecule has 0 spiro atoms. The average Bonchev–Trinajstić information content (AvgIpc) is 2.39. The van der Waals surface area contributed by atoms with Crippen molar-refractivity contribution >= 4 is 17.7 Å². The van der Waals surface area contributed by atoms with Gasteiger partial charge in [0, 0.05) is 25.5 Å². The van der Waals surface area contributed by atoms with E-state index < -0.39 is 5.97 Å². The molecule has 0 bridgehead atoms. The Morgan fingerprint density at radius 2 is 2.33 bits per heavy atom. The molecular formula is C12H17N3O2S. The number of carboxylic acids is 1. The third kappa shape index (κ3) is 3.20. The second-order valence-corrected chi connectivity index (χ2v) is 5.22. The predicted molar refractivity (Wildman–Crippen MR) is 69.4 cm³/mol. The van der Waals surface area contributed by atoms with Gasteiger partial charge in [0.15, 0.2) is 0 Å². The number of aromatic nitrogens is 2. The highest BCUT2D eigenvalue weighted by molar-refractivity contribution is 7.98. The Kier molecular flexibility index (Phi) is 4.54. The molecule has 1 aromatic heterocycles. The molecule has 0 aliphatic carbocycles. The molecule has 1 saturated heterocycles. The van der Waals surface area contributed by atoms with Crippen molar-refractivity contribution in [3.63, 3.8) is 0 Å². The molecule has 98 valence electrons. The van der Waals surface area contributed by atoms with Crippen LogP contribution in [0.2, 0.25) is 0 Å². The third-order valence-corrected chi connectivity index (χ3v) is 3.88. The summed E-state index contributed by atoms with van der Waals surface area (Å²) >= 11 is 1.57. The first-order valence-electron chi connectivity index (χ1n) is 5.99. The molecular weight excluding hydrogens is 250 g/mol. The zero-order valence-electron chi connectivity index (χ0n) is 10.4. The number of rotatable bonds is 4. The van der Waals surface area contributed by atoms with Crippen LogP contribution in [0.5, 0.6) is 0 Å². The van der Waals surface area contributed by atoms with E-state index in [9.17, 15) is 4.79 Å². The zero-order chi connectivity index (χ0) is 13.0. The first-order chi connectivity index (χ1) is 8.70. The largest absolute Gasteiger partial charge is 0.481 e. The molecule has 18 heavy (non-hydrogen) atoms. The number of carboxylic acid groups (broad SMARTS) is 1. The minimum atomic E-state index is -0.691. The molecule has 1 aromatic rings. The fraction of sp³-hybridized carbons (Fsp3) is 0.583. The molecule has 1 atom stereocenters. The molecule has 5 nitrogen and oxygen atoms in total. The van der Waals surface area contributed by atoms with Gasteiger partial charge in [0.25, 0.3) is 0 Å². The summed E-state index contributed by atoms with van der Waals surface area (Å²) in [4.78, 5) is 21.8. The predicted octanol–water partition coefficient (Wildman–Crippen LogP) is 1.50. The van der Waals surface area contributed by atoms with Crippen LogP contribution in [0.3, 0.4) is 0 Å². The van der Waals surface area contributed by atoms with Crippen LogP contribution in [0.4, 0.5) is 0 Å². The number of thioether (sulfide) groups is 1. The van der Waals surface area contributed by atoms with E-state index in [0.29, 0.717) is 13.1 Å². The molecule has 0 radical (unpaired) electrons. The van der Waals surface area contributed by atoms with Crippen LogP contribution in [0.1, 0.15) is 18.5 Å². The van der Waals surface area contributed by atoms with Crippen LogP contribution >= 0.6 is 11.8 Å². The molecule has 1 aliphatic heterocycles. The van der Waals surface area contributed by atoms with E-state index in [4.69, 9.17) is 5.11 Å². The maximum atomic E-state index is 11.0. The summed E-state index contributed by atoms with van der Waals surface area (Å²) in [5.41, 5.74) is 0.941. The summed E-state index contributed by atoms with van der Waals surface area (Å²) in [6.45, 7) is 2.24. The van der Waals surface area contributed by atoms with Crippen LogP contribution in [-0.2, 0) is 11.3 Å². The lowest BCUT2D eigenvalue weighted by Gasteiger charge is -2.30. The smallest absolute Gasteiger partial charge is 0.307 e.